The summed E-state index contributed by atoms with van der Waals surface area (Å²) in [5.74, 6) is 1.32. The van der Waals surface area contributed by atoms with E-state index in [2.05, 4.69) is 15.5 Å². The van der Waals surface area contributed by atoms with Crippen LogP contribution in [0.4, 0.5) is 5.69 Å². The molecule has 0 aliphatic carbocycles. The van der Waals surface area contributed by atoms with E-state index in [1.54, 1.807) is 44.4 Å². The molecule has 26 heavy (non-hydrogen) atoms. The summed E-state index contributed by atoms with van der Waals surface area (Å²) in [7, 11) is 1.52. The third-order valence-electron chi connectivity index (χ3n) is 3.56. The number of carbonyl (C=O) groups excluding carboxylic acids is 1. The smallest absolute Gasteiger partial charge is 0.277 e. The second kappa shape index (κ2) is 7.84. The van der Waals surface area contributed by atoms with Gasteiger partial charge in [-0.1, -0.05) is 23.4 Å². The van der Waals surface area contributed by atoms with E-state index >= 15 is 0 Å². The Hall–Kier alpha value is -2.45. The fourth-order valence-corrected chi connectivity index (χ4v) is 3.05. The molecule has 0 spiro atoms. The number of carbonyl (C=O) groups is 1. The molecule has 0 radical (unpaired) electrons. The van der Waals surface area contributed by atoms with Gasteiger partial charge in [0.25, 0.3) is 11.1 Å². The van der Waals surface area contributed by atoms with Crippen LogP contribution in [-0.4, -0.2) is 28.5 Å². The number of nitrogens with zero attached hydrogens (tertiary/aromatic N) is 2. The number of benzene rings is 1. The maximum absolute atomic E-state index is 12.5. The molecule has 2 aromatic heterocycles. The number of furan rings is 1. The molecule has 0 saturated carbocycles. The first-order valence-corrected chi connectivity index (χ1v) is 8.92. The van der Waals surface area contributed by atoms with Crippen molar-refractivity contribution in [3.05, 3.63) is 41.3 Å². The molecule has 1 amide bonds. The standard InChI is InChI=1S/C17H16ClN3O4S/c1-9-12(6-7-24-9)16-20-21-17(25-16)26-10(2)15(22)19-13-8-11(18)4-5-14(13)23-3/h4-8,10H,1-3H3,(H,19,22). The van der Waals surface area contributed by atoms with Crippen molar-refractivity contribution >= 4 is 35.0 Å². The Morgan fingerprint density at radius 1 is 1.35 bits per heavy atom. The van der Waals surface area contributed by atoms with Crippen LogP contribution in [0.5, 0.6) is 5.75 Å². The highest BCUT2D eigenvalue weighted by molar-refractivity contribution is 8.00. The molecule has 1 N–H and O–H groups in total. The average Bonchev–Trinajstić information content (AvgIpc) is 3.23. The van der Waals surface area contributed by atoms with Crippen LogP contribution in [-0.2, 0) is 4.79 Å². The van der Waals surface area contributed by atoms with Gasteiger partial charge in [-0.25, -0.2) is 0 Å². The van der Waals surface area contributed by atoms with E-state index in [-0.39, 0.29) is 5.91 Å². The topological polar surface area (TPSA) is 90.4 Å². The van der Waals surface area contributed by atoms with Gasteiger partial charge in [-0.3, -0.25) is 4.79 Å². The molecule has 2 heterocycles. The van der Waals surface area contributed by atoms with E-state index in [0.717, 1.165) is 17.3 Å². The van der Waals surface area contributed by atoms with Crippen LogP contribution in [0.1, 0.15) is 12.7 Å². The number of ether oxygens (including phenoxy) is 1. The van der Waals surface area contributed by atoms with Gasteiger partial charge in [0.05, 0.1) is 29.9 Å². The molecule has 0 saturated heterocycles. The van der Waals surface area contributed by atoms with E-state index < -0.39 is 5.25 Å². The van der Waals surface area contributed by atoms with Crippen molar-refractivity contribution in [1.29, 1.82) is 0 Å². The second-order valence-electron chi connectivity index (χ2n) is 5.36. The lowest BCUT2D eigenvalue weighted by atomic mass is 10.3. The van der Waals surface area contributed by atoms with Crippen LogP contribution in [0.25, 0.3) is 11.5 Å². The van der Waals surface area contributed by atoms with Crippen molar-refractivity contribution in [3.63, 3.8) is 0 Å². The highest BCUT2D eigenvalue weighted by Crippen LogP contribution is 2.31. The zero-order valence-corrected chi connectivity index (χ0v) is 15.9. The molecular weight excluding hydrogens is 378 g/mol. The van der Waals surface area contributed by atoms with Crippen LogP contribution < -0.4 is 10.1 Å². The maximum Gasteiger partial charge on any atom is 0.277 e. The molecule has 0 fully saturated rings. The quantitative estimate of drug-likeness (QED) is 0.620. The summed E-state index contributed by atoms with van der Waals surface area (Å²) in [6.07, 6.45) is 1.55. The third-order valence-corrected chi connectivity index (χ3v) is 4.73. The Kier molecular flexibility index (Phi) is 5.53. The summed E-state index contributed by atoms with van der Waals surface area (Å²) in [5, 5.41) is 11.1. The number of hydrogen-bond acceptors (Lipinski definition) is 7. The van der Waals surface area contributed by atoms with Crippen molar-refractivity contribution in [2.45, 2.75) is 24.3 Å². The number of rotatable bonds is 6. The number of aromatic nitrogens is 2. The summed E-state index contributed by atoms with van der Waals surface area (Å²) < 4.78 is 16.0. The molecule has 3 aromatic rings. The molecule has 1 unspecified atom stereocenters. The summed E-state index contributed by atoms with van der Waals surface area (Å²) >= 11 is 7.13. The number of hydrogen-bond donors (Lipinski definition) is 1. The molecule has 136 valence electrons. The molecule has 3 rings (SSSR count). The van der Waals surface area contributed by atoms with Gasteiger partial charge in [0.2, 0.25) is 5.91 Å². The van der Waals surface area contributed by atoms with Gasteiger partial charge in [-0.2, -0.15) is 0 Å². The minimum atomic E-state index is -0.475. The van der Waals surface area contributed by atoms with E-state index in [4.69, 9.17) is 25.2 Å². The van der Waals surface area contributed by atoms with Crippen molar-refractivity contribution in [2.24, 2.45) is 0 Å². The Morgan fingerprint density at radius 2 is 2.15 bits per heavy atom. The molecule has 0 aliphatic rings. The first kappa shape index (κ1) is 18.3. The second-order valence-corrected chi connectivity index (χ2v) is 7.09. The monoisotopic (exact) mass is 393 g/mol. The van der Waals surface area contributed by atoms with Gasteiger partial charge >= 0.3 is 0 Å². The number of thioether (sulfide) groups is 1. The molecule has 1 aromatic carbocycles. The van der Waals surface area contributed by atoms with Gasteiger partial charge in [0, 0.05) is 5.02 Å². The van der Waals surface area contributed by atoms with Crippen molar-refractivity contribution in [2.75, 3.05) is 12.4 Å². The van der Waals surface area contributed by atoms with Gasteiger partial charge in [-0.05, 0) is 38.1 Å². The summed E-state index contributed by atoms with van der Waals surface area (Å²) in [5.41, 5.74) is 1.22. The lowest BCUT2D eigenvalue weighted by molar-refractivity contribution is -0.115. The van der Waals surface area contributed by atoms with E-state index in [0.29, 0.717) is 33.3 Å². The summed E-state index contributed by atoms with van der Waals surface area (Å²) in [6, 6.07) is 6.75. The number of halogens is 1. The van der Waals surface area contributed by atoms with Crippen LogP contribution in [0.15, 0.2) is 44.6 Å². The molecule has 9 heteroatoms. The summed E-state index contributed by atoms with van der Waals surface area (Å²) in [4.78, 5) is 12.5. The van der Waals surface area contributed by atoms with E-state index in [9.17, 15) is 4.79 Å². The zero-order valence-electron chi connectivity index (χ0n) is 14.3. The van der Waals surface area contributed by atoms with Crippen LogP contribution >= 0.6 is 23.4 Å². The maximum atomic E-state index is 12.5. The lowest BCUT2D eigenvalue weighted by Gasteiger charge is -2.13. The van der Waals surface area contributed by atoms with Crippen LogP contribution in [0.3, 0.4) is 0 Å². The number of aryl methyl sites for hydroxylation is 1. The zero-order chi connectivity index (χ0) is 18.7. The van der Waals surface area contributed by atoms with Crippen molar-refractivity contribution < 1.29 is 18.4 Å². The lowest BCUT2D eigenvalue weighted by Crippen LogP contribution is -2.22. The van der Waals surface area contributed by atoms with E-state index in [1.807, 2.05) is 0 Å². The highest BCUT2D eigenvalue weighted by atomic mass is 35.5. The predicted molar refractivity (Wildman–Crippen MR) is 98.7 cm³/mol. The van der Waals surface area contributed by atoms with Crippen LogP contribution in [0, 0.1) is 6.92 Å². The normalized spacial score (nSPS) is 12.0. The molecule has 0 bridgehead atoms. The highest BCUT2D eigenvalue weighted by Gasteiger charge is 2.21. The van der Waals surface area contributed by atoms with Gasteiger partial charge < -0.3 is 18.9 Å². The van der Waals surface area contributed by atoms with E-state index in [1.165, 1.54) is 7.11 Å². The fourth-order valence-electron chi connectivity index (χ4n) is 2.19. The largest absolute Gasteiger partial charge is 0.495 e. The fraction of sp³-hybridized carbons (Fsp3) is 0.235. The Balaban J connectivity index is 1.68. The third kappa shape index (κ3) is 4.03. The minimum absolute atomic E-state index is 0.241. The van der Waals surface area contributed by atoms with Gasteiger partial charge in [0.1, 0.15) is 11.5 Å². The average molecular weight is 394 g/mol. The Morgan fingerprint density at radius 3 is 2.85 bits per heavy atom. The number of amides is 1. The first-order chi connectivity index (χ1) is 12.5. The molecule has 0 aliphatic heterocycles. The predicted octanol–water partition coefficient (Wildman–Crippen LogP) is 4.42. The van der Waals surface area contributed by atoms with Crippen molar-refractivity contribution in [1.82, 2.24) is 10.2 Å². The molecule has 7 nitrogen and oxygen atoms in total. The molecular formula is C17H16ClN3O4S. The Bertz CT molecular complexity index is 924. The van der Waals surface area contributed by atoms with Crippen molar-refractivity contribution in [3.8, 4) is 17.2 Å². The minimum Gasteiger partial charge on any atom is -0.495 e. The summed E-state index contributed by atoms with van der Waals surface area (Å²) in [6.45, 7) is 3.55. The number of nitrogens with one attached hydrogen (secondary N) is 1. The Labute approximate surface area is 159 Å². The first-order valence-electron chi connectivity index (χ1n) is 7.67. The van der Waals surface area contributed by atoms with Crippen LogP contribution in [0.2, 0.25) is 5.02 Å². The SMILES string of the molecule is COc1ccc(Cl)cc1NC(=O)C(C)Sc1nnc(-c2ccoc2C)o1. The molecule has 1 atom stereocenters. The van der Waals surface area contributed by atoms with Gasteiger partial charge in [0.15, 0.2) is 0 Å². The number of anilines is 1. The number of methoxy groups -OCH3 is 1. The van der Waals surface area contributed by atoms with Gasteiger partial charge in [-0.15, -0.1) is 10.2 Å².